The van der Waals surface area contributed by atoms with Crippen molar-refractivity contribution < 1.29 is 9.53 Å². The van der Waals surface area contributed by atoms with Gasteiger partial charge in [0, 0.05) is 38.0 Å². The molecule has 1 aliphatic rings. The van der Waals surface area contributed by atoms with Gasteiger partial charge in [0.05, 0.1) is 17.3 Å². The molecule has 0 aliphatic carbocycles. The number of hydrogen-bond donors (Lipinski definition) is 2. The summed E-state index contributed by atoms with van der Waals surface area (Å²) in [6.07, 6.45) is 2.58. The van der Waals surface area contributed by atoms with E-state index < -0.39 is 0 Å². The Morgan fingerprint density at radius 3 is 3.04 bits per heavy atom. The normalized spacial score (nSPS) is 19.4. The first-order valence-corrected chi connectivity index (χ1v) is 8.24. The number of nitrogens with zero attached hydrogens (tertiary/aromatic N) is 3. The second-order valence-corrected chi connectivity index (χ2v) is 6.14. The average molecular weight is 339 g/mol. The Kier molecular flexibility index (Phi) is 5.00. The van der Waals surface area contributed by atoms with E-state index in [1.807, 2.05) is 20.0 Å². The van der Waals surface area contributed by atoms with Crippen molar-refractivity contribution in [1.29, 1.82) is 5.26 Å². The first kappa shape index (κ1) is 17.0. The second-order valence-electron chi connectivity index (χ2n) is 6.14. The Bertz CT molecular complexity index is 808. The summed E-state index contributed by atoms with van der Waals surface area (Å²) in [6, 6.07) is 9.04. The van der Waals surface area contributed by atoms with Gasteiger partial charge in [-0.25, -0.2) is 4.79 Å². The molecule has 0 spiro atoms. The lowest BCUT2D eigenvalue weighted by atomic mass is 9.99. The molecular weight excluding hydrogens is 318 g/mol. The van der Waals surface area contributed by atoms with Crippen LogP contribution in [-0.2, 0) is 11.8 Å². The highest BCUT2D eigenvalue weighted by Gasteiger charge is 2.31. The van der Waals surface area contributed by atoms with Crippen molar-refractivity contribution in [3.63, 3.8) is 0 Å². The second kappa shape index (κ2) is 7.36. The quantitative estimate of drug-likeness (QED) is 0.895. The lowest BCUT2D eigenvalue weighted by Crippen LogP contribution is -2.34. The van der Waals surface area contributed by atoms with E-state index in [1.165, 1.54) is 0 Å². The van der Waals surface area contributed by atoms with Gasteiger partial charge >= 0.3 is 6.03 Å². The predicted octanol–water partition coefficient (Wildman–Crippen LogP) is 2.50. The number of rotatable bonds is 4. The van der Waals surface area contributed by atoms with E-state index in [9.17, 15) is 4.79 Å². The number of carbonyl (C=O) groups is 1. The first-order chi connectivity index (χ1) is 12.1. The van der Waals surface area contributed by atoms with E-state index >= 15 is 0 Å². The van der Waals surface area contributed by atoms with Crippen LogP contribution >= 0.6 is 0 Å². The molecule has 1 saturated heterocycles. The zero-order valence-electron chi connectivity index (χ0n) is 14.3. The highest BCUT2D eigenvalue weighted by Crippen LogP contribution is 2.33. The fraction of sp³-hybridized carbons (Fsp3) is 0.389. The maximum Gasteiger partial charge on any atom is 0.319 e. The fourth-order valence-electron chi connectivity index (χ4n) is 3.12. The molecule has 0 radical (unpaired) electrons. The van der Waals surface area contributed by atoms with Crippen molar-refractivity contribution >= 4 is 11.7 Å². The summed E-state index contributed by atoms with van der Waals surface area (Å²) in [5.74, 6) is 0.202. The highest BCUT2D eigenvalue weighted by atomic mass is 16.5. The number of nitrogens with one attached hydrogen (secondary N) is 2. The number of benzene rings is 1. The van der Waals surface area contributed by atoms with Crippen LogP contribution in [0.1, 0.15) is 29.3 Å². The van der Waals surface area contributed by atoms with Gasteiger partial charge in [0.25, 0.3) is 0 Å². The van der Waals surface area contributed by atoms with Crippen LogP contribution in [-0.4, -0.2) is 29.0 Å². The van der Waals surface area contributed by atoms with Crippen molar-refractivity contribution in [2.75, 3.05) is 18.5 Å². The van der Waals surface area contributed by atoms with Crippen LogP contribution in [0.5, 0.6) is 0 Å². The SMILES string of the molecule is Cc1c(C#N)cccc1NC(=O)NC[C@@H]1CCO[C@H]1c1ccnn1C. The van der Waals surface area contributed by atoms with Crippen molar-refractivity contribution in [1.82, 2.24) is 15.1 Å². The van der Waals surface area contributed by atoms with Crippen molar-refractivity contribution in [3.8, 4) is 6.07 Å². The summed E-state index contributed by atoms with van der Waals surface area (Å²) in [4.78, 5) is 12.2. The molecule has 25 heavy (non-hydrogen) atoms. The predicted molar refractivity (Wildman–Crippen MR) is 92.9 cm³/mol. The van der Waals surface area contributed by atoms with Crippen LogP contribution in [0, 0.1) is 24.2 Å². The Hall–Kier alpha value is -2.85. The molecule has 0 bridgehead atoms. The van der Waals surface area contributed by atoms with Crippen LogP contribution in [0.25, 0.3) is 0 Å². The third-order valence-electron chi connectivity index (χ3n) is 4.59. The molecule has 2 aromatic rings. The molecule has 2 amide bonds. The fourth-order valence-corrected chi connectivity index (χ4v) is 3.12. The molecule has 1 aromatic carbocycles. The summed E-state index contributed by atoms with van der Waals surface area (Å²) >= 11 is 0. The van der Waals surface area contributed by atoms with Crippen LogP contribution < -0.4 is 10.6 Å². The molecule has 7 nitrogen and oxygen atoms in total. The number of ether oxygens (including phenoxy) is 1. The number of aryl methyl sites for hydroxylation is 1. The summed E-state index contributed by atoms with van der Waals surface area (Å²) in [6.45, 7) is 3.00. The zero-order valence-corrected chi connectivity index (χ0v) is 14.3. The first-order valence-electron chi connectivity index (χ1n) is 8.24. The van der Waals surface area contributed by atoms with E-state index in [0.29, 0.717) is 24.4 Å². The van der Waals surface area contributed by atoms with Gasteiger partial charge in [0.15, 0.2) is 0 Å². The third-order valence-corrected chi connectivity index (χ3v) is 4.59. The molecular formula is C18H21N5O2. The van der Waals surface area contributed by atoms with Crippen molar-refractivity contribution in [2.24, 2.45) is 13.0 Å². The molecule has 2 N–H and O–H groups in total. The Labute approximate surface area is 146 Å². The maximum atomic E-state index is 12.2. The van der Waals surface area contributed by atoms with Gasteiger partial charge in [-0.2, -0.15) is 10.4 Å². The van der Waals surface area contributed by atoms with Gasteiger partial charge < -0.3 is 15.4 Å². The van der Waals surface area contributed by atoms with E-state index in [0.717, 1.165) is 17.7 Å². The largest absolute Gasteiger partial charge is 0.372 e. The number of carbonyl (C=O) groups excluding carboxylic acids is 1. The minimum absolute atomic E-state index is 0.0588. The summed E-state index contributed by atoms with van der Waals surface area (Å²) in [7, 11) is 1.89. The highest BCUT2D eigenvalue weighted by molar-refractivity contribution is 5.90. The van der Waals surface area contributed by atoms with Gasteiger partial charge in [-0.3, -0.25) is 4.68 Å². The van der Waals surface area contributed by atoms with Crippen molar-refractivity contribution in [3.05, 3.63) is 47.3 Å². The molecule has 7 heteroatoms. The van der Waals surface area contributed by atoms with E-state index in [4.69, 9.17) is 10.00 Å². The monoisotopic (exact) mass is 339 g/mol. The smallest absolute Gasteiger partial charge is 0.319 e. The molecule has 2 atom stereocenters. The molecule has 0 saturated carbocycles. The molecule has 0 unspecified atom stereocenters. The summed E-state index contributed by atoms with van der Waals surface area (Å²) in [5, 5.41) is 19.0. The molecule has 1 aromatic heterocycles. The summed E-state index contributed by atoms with van der Waals surface area (Å²) in [5.41, 5.74) is 2.97. The standard InChI is InChI=1S/C18H21N5O2/c1-12-13(10-19)4-3-5-15(12)22-18(24)20-11-14-7-9-25-17(14)16-6-8-21-23(16)2/h3-6,8,14,17H,7,9,11H2,1-2H3,(H2,20,22,24)/t14-,17+/m0/s1. The van der Waals surface area contributed by atoms with Crippen LogP contribution in [0.3, 0.4) is 0 Å². The lowest BCUT2D eigenvalue weighted by Gasteiger charge is -2.19. The number of aromatic nitrogens is 2. The van der Waals surface area contributed by atoms with Gasteiger partial charge in [-0.15, -0.1) is 0 Å². The number of hydrogen-bond acceptors (Lipinski definition) is 4. The van der Waals surface area contributed by atoms with Crippen LogP contribution in [0.4, 0.5) is 10.5 Å². The zero-order chi connectivity index (χ0) is 17.8. The van der Waals surface area contributed by atoms with Gasteiger partial charge in [-0.05, 0) is 37.1 Å². The molecule has 2 heterocycles. The molecule has 1 fully saturated rings. The molecule has 1 aliphatic heterocycles. The van der Waals surface area contributed by atoms with Crippen LogP contribution in [0.2, 0.25) is 0 Å². The van der Waals surface area contributed by atoms with Gasteiger partial charge in [0.2, 0.25) is 0 Å². The van der Waals surface area contributed by atoms with E-state index in [2.05, 4.69) is 21.8 Å². The molecule has 3 rings (SSSR count). The number of amides is 2. The average Bonchev–Trinajstić information content (AvgIpc) is 3.23. The number of anilines is 1. The van der Waals surface area contributed by atoms with Gasteiger partial charge in [-0.1, -0.05) is 6.07 Å². The topological polar surface area (TPSA) is 92.0 Å². The third kappa shape index (κ3) is 3.64. The van der Waals surface area contributed by atoms with Crippen molar-refractivity contribution in [2.45, 2.75) is 19.4 Å². The minimum atomic E-state index is -0.283. The minimum Gasteiger partial charge on any atom is -0.372 e. The van der Waals surface area contributed by atoms with Gasteiger partial charge in [0.1, 0.15) is 6.10 Å². The Morgan fingerprint density at radius 1 is 1.48 bits per heavy atom. The summed E-state index contributed by atoms with van der Waals surface area (Å²) < 4.78 is 7.63. The van der Waals surface area contributed by atoms with Crippen LogP contribution in [0.15, 0.2) is 30.5 Å². The van der Waals surface area contributed by atoms with E-state index in [1.54, 1.807) is 29.1 Å². The van der Waals surface area contributed by atoms with E-state index in [-0.39, 0.29) is 18.1 Å². The number of urea groups is 1. The Balaban J connectivity index is 1.59. The lowest BCUT2D eigenvalue weighted by molar-refractivity contribution is 0.0845. The molecule has 130 valence electrons. The number of nitriles is 1. The maximum absolute atomic E-state index is 12.2. The Morgan fingerprint density at radius 2 is 2.32 bits per heavy atom.